The smallest absolute Gasteiger partial charge is 0.260 e. The van der Waals surface area contributed by atoms with Crippen molar-refractivity contribution in [1.29, 1.82) is 0 Å². The summed E-state index contributed by atoms with van der Waals surface area (Å²) in [6, 6.07) is 5.55. The molecule has 1 aromatic carbocycles. The highest BCUT2D eigenvalue weighted by Crippen LogP contribution is 2.27. The fourth-order valence-corrected chi connectivity index (χ4v) is 4.77. The molecule has 2 aromatic heterocycles. The molecular formula is C23H32N12O3. The van der Waals surface area contributed by atoms with Crippen LogP contribution in [0.5, 0.6) is 5.75 Å². The molecule has 0 aliphatic carbocycles. The van der Waals surface area contributed by atoms with Gasteiger partial charge in [-0.1, -0.05) is 5.16 Å². The number of nitrogens with two attached hydrogens (primary N) is 4. The lowest BCUT2D eigenvalue weighted by Crippen LogP contribution is -2.54. The Morgan fingerprint density at radius 3 is 1.97 bits per heavy atom. The van der Waals surface area contributed by atoms with Crippen LogP contribution in [0.1, 0.15) is 23.2 Å². The number of nitrogens with one attached hydrogen (secondary N) is 2. The van der Waals surface area contributed by atoms with Gasteiger partial charge in [-0.2, -0.15) is 15.0 Å². The van der Waals surface area contributed by atoms with E-state index in [9.17, 15) is 9.90 Å². The minimum atomic E-state index is -0.539. The second-order valence-electron chi connectivity index (χ2n) is 9.78. The molecule has 4 heterocycles. The van der Waals surface area contributed by atoms with Crippen molar-refractivity contribution in [3.63, 3.8) is 0 Å². The number of hydrogen-bond donors (Lipinski definition) is 7. The number of rotatable bonds is 6. The van der Waals surface area contributed by atoms with Crippen molar-refractivity contribution in [1.82, 2.24) is 20.1 Å². The molecule has 5 rings (SSSR count). The monoisotopic (exact) mass is 524 g/mol. The molecule has 3 aromatic rings. The number of hydrogen-bond acceptors (Lipinski definition) is 14. The van der Waals surface area contributed by atoms with E-state index >= 15 is 0 Å². The van der Waals surface area contributed by atoms with Crippen molar-refractivity contribution in [3.05, 3.63) is 36.1 Å². The molecule has 11 N–H and O–H groups in total. The number of aromatic hydroxyl groups is 1. The Morgan fingerprint density at radius 2 is 1.47 bits per heavy atom. The van der Waals surface area contributed by atoms with Gasteiger partial charge in [-0.05, 0) is 25.0 Å². The first kappa shape index (κ1) is 25.6. The van der Waals surface area contributed by atoms with Crippen LogP contribution in [-0.4, -0.2) is 81.5 Å². The van der Waals surface area contributed by atoms with Gasteiger partial charge >= 0.3 is 0 Å². The molecule has 0 spiro atoms. The fraction of sp³-hybridized carbons (Fsp3) is 0.435. The maximum absolute atomic E-state index is 12.5. The minimum absolute atomic E-state index is 0.0585. The number of phenolic OH excluding ortho intramolecular Hbond substituents is 1. The van der Waals surface area contributed by atoms with Crippen LogP contribution >= 0.6 is 0 Å². The summed E-state index contributed by atoms with van der Waals surface area (Å²) in [6.07, 6.45) is 2.76. The number of carbonyl (C=O) groups excluding carboxylic acids is 1. The lowest BCUT2D eigenvalue weighted by Gasteiger charge is -2.37. The van der Waals surface area contributed by atoms with Gasteiger partial charge in [0.15, 0.2) is 5.82 Å². The van der Waals surface area contributed by atoms with E-state index in [1.165, 1.54) is 24.5 Å². The zero-order valence-electron chi connectivity index (χ0n) is 20.7. The number of phenols is 1. The Kier molecular flexibility index (Phi) is 7.24. The first-order valence-electron chi connectivity index (χ1n) is 12.3. The van der Waals surface area contributed by atoms with Crippen LogP contribution in [-0.2, 0) is 0 Å². The highest BCUT2D eigenvalue weighted by molar-refractivity contribution is 6.05. The molecule has 38 heavy (non-hydrogen) atoms. The predicted octanol–water partition coefficient (Wildman–Crippen LogP) is -0.709. The number of amides is 1. The third-order valence-corrected chi connectivity index (χ3v) is 6.39. The number of anilines is 5. The molecule has 15 heteroatoms. The molecule has 4 atom stereocenters. The normalized spacial score (nSPS) is 23.8. The molecule has 2 fully saturated rings. The van der Waals surface area contributed by atoms with E-state index in [1.807, 2.05) is 9.80 Å². The summed E-state index contributed by atoms with van der Waals surface area (Å²) in [6.45, 7) is 2.19. The van der Waals surface area contributed by atoms with E-state index in [4.69, 9.17) is 32.4 Å². The number of piperidine rings is 2. The van der Waals surface area contributed by atoms with E-state index in [0.717, 1.165) is 0 Å². The predicted molar refractivity (Wildman–Crippen MR) is 141 cm³/mol. The summed E-state index contributed by atoms with van der Waals surface area (Å²) in [5.74, 6) is 0.530. The van der Waals surface area contributed by atoms with E-state index in [0.29, 0.717) is 56.6 Å². The highest BCUT2D eigenvalue weighted by atomic mass is 16.5. The number of benzene rings is 1. The summed E-state index contributed by atoms with van der Waals surface area (Å²) >= 11 is 0. The highest BCUT2D eigenvalue weighted by Gasteiger charge is 2.29. The summed E-state index contributed by atoms with van der Waals surface area (Å²) in [5, 5.41) is 19.8. The van der Waals surface area contributed by atoms with Crippen LogP contribution in [0.4, 0.5) is 29.4 Å². The second kappa shape index (κ2) is 10.7. The van der Waals surface area contributed by atoms with E-state index in [-0.39, 0.29) is 47.2 Å². The van der Waals surface area contributed by atoms with Crippen LogP contribution in [0.3, 0.4) is 0 Å². The standard InChI is InChI=1S/C23H32N12O3/c24-12-5-13(25)9-34(8-12)22-30-21(31-23(32-22)35-10-14(26)6-15(27)11-35)28-16-1-2-17(18(36)7-16)20(37)29-19-3-4-38-33-19/h1-4,7,12-15,36H,5-6,8-11,24-27H2,(H,29,33,37)(H,28,30,31,32). The van der Waals surface area contributed by atoms with Gasteiger partial charge in [-0.3, -0.25) is 4.79 Å². The number of nitrogens with zero attached hydrogens (tertiary/aromatic N) is 6. The van der Waals surface area contributed by atoms with Crippen LogP contribution in [0, 0.1) is 0 Å². The zero-order chi connectivity index (χ0) is 26.8. The van der Waals surface area contributed by atoms with E-state index in [2.05, 4.69) is 25.8 Å². The van der Waals surface area contributed by atoms with Crippen LogP contribution in [0.15, 0.2) is 35.1 Å². The van der Waals surface area contributed by atoms with E-state index in [1.54, 1.807) is 6.07 Å². The summed E-state index contributed by atoms with van der Waals surface area (Å²) in [5.41, 5.74) is 25.4. The van der Waals surface area contributed by atoms with Crippen molar-refractivity contribution in [3.8, 4) is 5.75 Å². The average molecular weight is 525 g/mol. The largest absolute Gasteiger partial charge is 0.507 e. The van der Waals surface area contributed by atoms with Gasteiger partial charge in [0.25, 0.3) is 5.91 Å². The summed E-state index contributed by atoms with van der Waals surface area (Å²) < 4.78 is 4.71. The number of aromatic nitrogens is 4. The Bertz CT molecular complexity index is 1210. The zero-order valence-corrected chi connectivity index (χ0v) is 20.7. The van der Waals surface area contributed by atoms with Gasteiger partial charge < -0.3 is 53.0 Å². The van der Waals surface area contributed by atoms with Crippen LogP contribution in [0.2, 0.25) is 0 Å². The van der Waals surface area contributed by atoms with Gasteiger partial charge in [-0.25, -0.2) is 0 Å². The maximum Gasteiger partial charge on any atom is 0.260 e. The fourth-order valence-electron chi connectivity index (χ4n) is 4.77. The van der Waals surface area contributed by atoms with Crippen LogP contribution < -0.4 is 43.4 Å². The van der Waals surface area contributed by atoms with Crippen molar-refractivity contribution in [2.75, 3.05) is 46.6 Å². The molecule has 0 bridgehead atoms. The summed E-state index contributed by atoms with van der Waals surface area (Å²) in [7, 11) is 0. The van der Waals surface area contributed by atoms with Crippen molar-refractivity contribution >= 4 is 35.3 Å². The Labute approximate surface area is 218 Å². The Hall–Kier alpha value is -4.05. The average Bonchev–Trinajstić information content (AvgIpc) is 3.35. The van der Waals surface area contributed by atoms with Gasteiger partial charge in [0.05, 0.1) is 5.56 Å². The topological polar surface area (TPSA) is 237 Å². The minimum Gasteiger partial charge on any atom is -0.507 e. The molecule has 1 amide bonds. The molecule has 15 nitrogen and oxygen atoms in total. The van der Waals surface area contributed by atoms with Gasteiger partial charge in [0, 0.05) is 68.2 Å². The first-order chi connectivity index (χ1) is 18.2. The van der Waals surface area contributed by atoms with Gasteiger partial charge in [0.1, 0.15) is 12.0 Å². The third-order valence-electron chi connectivity index (χ3n) is 6.39. The van der Waals surface area contributed by atoms with Crippen molar-refractivity contribution in [2.45, 2.75) is 37.0 Å². The summed E-state index contributed by atoms with van der Waals surface area (Å²) in [4.78, 5) is 30.3. The third kappa shape index (κ3) is 5.91. The van der Waals surface area contributed by atoms with E-state index < -0.39 is 5.91 Å². The molecule has 202 valence electrons. The molecule has 0 saturated carbocycles. The van der Waals surface area contributed by atoms with Crippen molar-refractivity contribution in [2.24, 2.45) is 22.9 Å². The molecule has 2 aliphatic heterocycles. The Balaban J connectivity index is 1.41. The molecule has 0 radical (unpaired) electrons. The lowest BCUT2D eigenvalue weighted by molar-refractivity contribution is 0.102. The maximum atomic E-state index is 12.5. The molecule has 2 aliphatic rings. The van der Waals surface area contributed by atoms with Gasteiger partial charge in [-0.15, -0.1) is 0 Å². The number of carbonyl (C=O) groups is 1. The second-order valence-corrected chi connectivity index (χ2v) is 9.78. The SMILES string of the molecule is NC1CC(N)CN(c2nc(Nc3ccc(C(=O)Nc4ccon4)c(O)c3)nc(N3CC(N)CC(N)C3)n2)C1. The van der Waals surface area contributed by atoms with Gasteiger partial charge in [0.2, 0.25) is 17.8 Å². The molecule has 2 saturated heterocycles. The lowest BCUT2D eigenvalue weighted by atomic mass is 10.0. The van der Waals surface area contributed by atoms with Crippen molar-refractivity contribution < 1.29 is 14.4 Å². The molecular weight excluding hydrogens is 492 g/mol. The van der Waals surface area contributed by atoms with Crippen LogP contribution in [0.25, 0.3) is 0 Å². The molecule has 4 unspecified atom stereocenters. The first-order valence-corrected chi connectivity index (χ1v) is 12.3. The Morgan fingerprint density at radius 1 is 0.895 bits per heavy atom. The quantitative estimate of drug-likeness (QED) is 0.211.